The van der Waals surface area contributed by atoms with Gasteiger partial charge in [0.1, 0.15) is 0 Å². The number of furan rings is 1. The van der Waals surface area contributed by atoms with Crippen molar-refractivity contribution in [2.45, 2.75) is 6.54 Å². The Morgan fingerprint density at radius 3 is 2.57 bits per heavy atom. The molecule has 0 radical (unpaired) electrons. The summed E-state index contributed by atoms with van der Waals surface area (Å²) in [6.45, 7) is 0.133. The van der Waals surface area contributed by atoms with Gasteiger partial charge < -0.3 is 20.2 Å². The van der Waals surface area contributed by atoms with Crippen molar-refractivity contribution in [3.05, 3.63) is 53.5 Å². The minimum absolute atomic E-state index is 0.133. The lowest BCUT2D eigenvalue weighted by molar-refractivity contribution is 0.0697. The van der Waals surface area contributed by atoms with Gasteiger partial charge >= 0.3 is 12.0 Å². The number of urea groups is 1. The summed E-state index contributed by atoms with van der Waals surface area (Å²) < 4.78 is 30.9. The number of halogens is 2. The Labute approximate surface area is 117 Å². The Kier molecular flexibility index (Phi) is 4.17. The fraction of sp³-hybridized carbons (Fsp3) is 0.0769. The molecule has 0 saturated heterocycles. The third kappa shape index (κ3) is 3.56. The number of nitrogens with one attached hydrogen (secondary N) is 2. The van der Waals surface area contributed by atoms with Gasteiger partial charge in [0.15, 0.2) is 11.6 Å². The molecule has 0 spiro atoms. The second kappa shape index (κ2) is 6.04. The van der Waals surface area contributed by atoms with Gasteiger partial charge in [0, 0.05) is 18.2 Å². The summed E-state index contributed by atoms with van der Waals surface area (Å²) in [7, 11) is 0. The van der Waals surface area contributed by atoms with E-state index < -0.39 is 29.2 Å². The van der Waals surface area contributed by atoms with Crippen LogP contribution in [0.25, 0.3) is 0 Å². The molecule has 2 aromatic rings. The van der Waals surface area contributed by atoms with E-state index in [1.165, 1.54) is 12.5 Å². The van der Waals surface area contributed by atoms with E-state index in [-0.39, 0.29) is 12.2 Å². The van der Waals surface area contributed by atoms with Crippen molar-refractivity contribution in [2.24, 2.45) is 0 Å². The van der Waals surface area contributed by atoms with E-state index in [0.29, 0.717) is 17.7 Å². The van der Waals surface area contributed by atoms with Crippen molar-refractivity contribution in [1.82, 2.24) is 5.32 Å². The molecule has 2 amide bonds. The van der Waals surface area contributed by atoms with Crippen LogP contribution in [0.4, 0.5) is 19.3 Å². The van der Waals surface area contributed by atoms with Crippen LogP contribution in [0.3, 0.4) is 0 Å². The monoisotopic (exact) mass is 296 g/mol. The molecule has 1 aromatic heterocycles. The Morgan fingerprint density at radius 1 is 1.24 bits per heavy atom. The molecule has 0 unspecified atom stereocenters. The zero-order chi connectivity index (χ0) is 15.4. The number of rotatable bonds is 4. The van der Waals surface area contributed by atoms with Crippen molar-refractivity contribution >= 4 is 17.7 Å². The topological polar surface area (TPSA) is 91.6 Å². The number of hydrogen-bond acceptors (Lipinski definition) is 3. The van der Waals surface area contributed by atoms with Crippen LogP contribution in [0.15, 0.2) is 35.1 Å². The molecule has 0 aliphatic carbocycles. The third-order valence-corrected chi connectivity index (χ3v) is 2.57. The highest BCUT2D eigenvalue weighted by Crippen LogP contribution is 2.20. The van der Waals surface area contributed by atoms with Crippen molar-refractivity contribution in [3.63, 3.8) is 0 Å². The van der Waals surface area contributed by atoms with Crippen LogP contribution < -0.4 is 10.6 Å². The molecule has 3 N–H and O–H groups in total. The SMILES string of the molecule is O=C(NCc1ccoc1)Nc1cc(F)c(F)cc1C(=O)O. The lowest BCUT2D eigenvalue weighted by atomic mass is 10.1. The normalized spacial score (nSPS) is 10.2. The lowest BCUT2D eigenvalue weighted by Gasteiger charge is -2.10. The van der Waals surface area contributed by atoms with Crippen LogP contribution >= 0.6 is 0 Å². The van der Waals surface area contributed by atoms with E-state index in [2.05, 4.69) is 10.6 Å². The van der Waals surface area contributed by atoms with Crippen LogP contribution in [-0.4, -0.2) is 17.1 Å². The van der Waals surface area contributed by atoms with Crippen LogP contribution in [-0.2, 0) is 6.54 Å². The van der Waals surface area contributed by atoms with Gasteiger partial charge in [-0.1, -0.05) is 0 Å². The van der Waals surface area contributed by atoms with E-state index >= 15 is 0 Å². The van der Waals surface area contributed by atoms with Gasteiger partial charge in [-0.25, -0.2) is 18.4 Å². The second-order valence-electron chi connectivity index (χ2n) is 4.06. The number of carboxylic acids is 1. The molecule has 0 fully saturated rings. The molecule has 1 heterocycles. The largest absolute Gasteiger partial charge is 0.478 e. The predicted octanol–water partition coefficient (Wildman–Crippen LogP) is 2.58. The Hall–Kier alpha value is -2.90. The number of anilines is 1. The molecule has 6 nitrogen and oxygen atoms in total. The van der Waals surface area contributed by atoms with Crippen LogP contribution in [0.1, 0.15) is 15.9 Å². The fourth-order valence-corrected chi connectivity index (χ4v) is 1.57. The number of benzene rings is 1. The number of carbonyl (C=O) groups is 2. The fourth-order valence-electron chi connectivity index (χ4n) is 1.57. The predicted molar refractivity (Wildman–Crippen MR) is 67.9 cm³/mol. The van der Waals surface area contributed by atoms with E-state index in [1.807, 2.05) is 0 Å². The number of amides is 2. The van der Waals surface area contributed by atoms with Gasteiger partial charge in [0.05, 0.1) is 23.8 Å². The number of aromatic carboxylic acids is 1. The summed E-state index contributed by atoms with van der Waals surface area (Å²) >= 11 is 0. The van der Waals surface area contributed by atoms with Crippen molar-refractivity contribution < 1.29 is 27.9 Å². The minimum atomic E-state index is -1.49. The molecule has 0 atom stereocenters. The smallest absolute Gasteiger partial charge is 0.337 e. The third-order valence-electron chi connectivity index (χ3n) is 2.57. The molecule has 2 rings (SSSR count). The van der Waals surface area contributed by atoms with E-state index in [9.17, 15) is 18.4 Å². The maximum atomic E-state index is 13.1. The van der Waals surface area contributed by atoms with Crippen LogP contribution in [0.5, 0.6) is 0 Å². The van der Waals surface area contributed by atoms with Crippen LogP contribution in [0.2, 0.25) is 0 Å². The second-order valence-corrected chi connectivity index (χ2v) is 4.06. The first-order valence-electron chi connectivity index (χ1n) is 5.75. The van der Waals surface area contributed by atoms with Crippen LogP contribution in [0, 0.1) is 11.6 Å². The minimum Gasteiger partial charge on any atom is -0.478 e. The average molecular weight is 296 g/mol. The van der Waals surface area contributed by atoms with Gasteiger partial charge in [-0.2, -0.15) is 0 Å². The summed E-state index contributed by atoms with van der Waals surface area (Å²) in [6.07, 6.45) is 2.84. The molecule has 21 heavy (non-hydrogen) atoms. The maximum Gasteiger partial charge on any atom is 0.337 e. The zero-order valence-electron chi connectivity index (χ0n) is 10.5. The van der Waals surface area contributed by atoms with Gasteiger partial charge in [-0.05, 0) is 12.1 Å². The van der Waals surface area contributed by atoms with Crippen molar-refractivity contribution in [1.29, 1.82) is 0 Å². The first-order chi connectivity index (χ1) is 9.97. The Morgan fingerprint density at radius 2 is 1.95 bits per heavy atom. The first kappa shape index (κ1) is 14.5. The average Bonchev–Trinajstić information content (AvgIpc) is 2.93. The summed E-state index contributed by atoms with van der Waals surface area (Å²) in [5, 5.41) is 13.5. The summed E-state index contributed by atoms with van der Waals surface area (Å²) in [6, 6.07) is 1.98. The van der Waals surface area contributed by atoms with E-state index in [0.717, 1.165) is 0 Å². The van der Waals surface area contributed by atoms with Gasteiger partial charge in [-0.3, -0.25) is 0 Å². The van der Waals surface area contributed by atoms with E-state index in [1.54, 1.807) is 6.07 Å². The molecular formula is C13H10F2N2O4. The highest BCUT2D eigenvalue weighted by Gasteiger charge is 2.17. The van der Waals surface area contributed by atoms with Crippen molar-refractivity contribution in [3.8, 4) is 0 Å². The Balaban J connectivity index is 2.09. The van der Waals surface area contributed by atoms with Gasteiger partial charge in [0.25, 0.3) is 0 Å². The molecule has 0 bridgehead atoms. The van der Waals surface area contributed by atoms with Crippen molar-refractivity contribution in [2.75, 3.05) is 5.32 Å². The molecule has 8 heteroatoms. The van der Waals surface area contributed by atoms with E-state index in [4.69, 9.17) is 9.52 Å². The molecule has 1 aromatic carbocycles. The number of carbonyl (C=O) groups excluding carboxylic acids is 1. The summed E-state index contributed by atoms with van der Waals surface area (Å²) in [5.74, 6) is -4.05. The van der Waals surface area contributed by atoms with Gasteiger partial charge in [-0.15, -0.1) is 0 Å². The molecular weight excluding hydrogens is 286 g/mol. The first-order valence-corrected chi connectivity index (χ1v) is 5.75. The maximum absolute atomic E-state index is 13.1. The number of carboxylic acid groups (broad SMARTS) is 1. The molecule has 0 aliphatic heterocycles. The summed E-state index contributed by atoms with van der Waals surface area (Å²) in [5.41, 5.74) is -0.202. The lowest BCUT2D eigenvalue weighted by Crippen LogP contribution is -2.29. The quantitative estimate of drug-likeness (QED) is 0.808. The van der Waals surface area contributed by atoms with Gasteiger partial charge in [0.2, 0.25) is 0 Å². The highest BCUT2D eigenvalue weighted by molar-refractivity contribution is 6.00. The molecule has 0 aliphatic rings. The summed E-state index contributed by atoms with van der Waals surface area (Å²) in [4.78, 5) is 22.6. The highest BCUT2D eigenvalue weighted by atomic mass is 19.2. The Bertz CT molecular complexity index is 671. The molecule has 0 saturated carbocycles. The number of hydrogen-bond donors (Lipinski definition) is 3. The zero-order valence-corrected chi connectivity index (χ0v) is 10.5. The standard InChI is InChI=1S/C13H10F2N2O4/c14-9-3-8(12(18)19)11(4-10(9)15)17-13(20)16-5-7-1-2-21-6-7/h1-4,6H,5H2,(H,18,19)(H2,16,17,20). The molecule has 110 valence electrons.